The largest absolute Gasteiger partial charge is 0.364 e. The quantitative estimate of drug-likeness (QED) is 0.797. The van der Waals surface area contributed by atoms with Crippen LogP contribution in [0.3, 0.4) is 0 Å². The van der Waals surface area contributed by atoms with E-state index in [0.29, 0.717) is 18.1 Å². The van der Waals surface area contributed by atoms with Gasteiger partial charge >= 0.3 is 0 Å². The van der Waals surface area contributed by atoms with Crippen LogP contribution in [0.2, 0.25) is 0 Å². The molecule has 0 atom stereocenters. The third-order valence-electron chi connectivity index (χ3n) is 2.85. The molecule has 0 aromatic carbocycles. The van der Waals surface area contributed by atoms with Crippen molar-refractivity contribution in [3.8, 4) is 0 Å². The van der Waals surface area contributed by atoms with Gasteiger partial charge in [-0.25, -0.2) is 15.0 Å². The number of anilines is 1. The summed E-state index contributed by atoms with van der Waals surface area (Å²) in [7, 11) is 0. The average Bonchev–Trinajstić information content (AvgIpc) is 2.94. The Kier molecular flexibility index (Phi) is 3.56. The molecule has 5 nitrogen and oxygen atoms in total. The lowest BCUT2D eigenvalue weighted by Crippen LogP contribution is -2.02. The van der Waals surface area contributed by atoms with Crippen LogP contribution in [0.25, 0.3) is 11.2 Å². The van der Waals surface area contributed by atoms with E-state index in [-0.39, 0.29) is 0 Å². The Morgan fingerprint density at radius 2 is 2.00 bits per heavy atom. The minimum Gasteiger partial charge on any atom is -0.364 e. The van der Waals surface area contributed by atoms with Gasteiger partial charge in [0, 0.05) is 23.7 Å². The van der Waals surface area contributed by atoms with Crippen LogP contribution in [-0.2, 0) is 6.54 Å². The number of rotatable bonds is 4. The number of hydrogen-bond acceptors (Lipinski definition) is 6. The second kappa shape index (κ2) is 5.50. The molecular formula is C14H15N5S. The molecule has 0 aliphatic heterocycles. The van der Waals surface area contributed by atoms with Gasteiger partial charge in [0.25, 0.3) is 0 Å². The van der Waals surface area contributed by atoms with E-state index >= 15 is 0 Å². The number of thiazole rings is 1. The van der Waals surface area contributed by atoms with Crippen LogP contribution in [-0.4, -0.2) is 19.9 Å². The zero-order valence-corrected chi connectivity index (χ0v) is 12.2. The summed E-state index contributed by atoms with van der Waals surface area (Å²) in [6.07, 6.45) is 3.31. The monoisotopic (exact) mass is 285 g/mol. The predicted molar refractivity (Wildman–Crippen MR) is 80.9 cm³/mol. The molecule has 0 unspecified atom stereocenters. The van der Waals surface area contributed by atoms with Crippen molar-refractivity contribution >= 4 is 28.3 Å². The molecule has 3 rings (SSSR count). The maximum atomic E-state index is 4.59. The Balaban J connectivity index is 1.72. The Hall–Kier alpha value is -2.08. The van der Waals surface area contributed by atoms with Crippen molar-refractivity contribution in [1.29, 1.82) is 0 Å². The summed E-state index contributed by atoms with van der Waals surface area (Å²) in [6, 6.07) is 3.82. The van der Waals surface area contributed by atoms with Crippen molar-refractivity contribution in [2.75, 3.05) is 5.32 Å². The van der Waals surface area contributed by atoms with Crippen LogP contribution < -0.4 is 5.32 Å². The molecule has 1 N–H and O–H groups in total. The van der Waals surface area contributed by atoms with E-state index in [1.165, 1.54) is 5.01 Å². The van der Waals surface area contributed by atoms with Gasteiger partial charge in [-0.05, 0) is 12.1 Å². The van der Waals surface area contributed by atoms with Gasteiger partial charge in [0.15, 0.2) is 5.65 Å². The normalized spacial score (nSPS) is 11.2. The van der Waals surface area contributed by atoms with E-state index in [1.807, 2.05) is 12.1 Å². The molecular weight excluding hydrogens is 270 g/mol. The molecule has 3 aromatic heterocycles. The van der Waals surface area contributed by atoms with Gasteiger partial charge in [0.2, 0.25) is 0 Å². The summed E-state index contributed by atoms with van der Waals surface area (Å²) in [4.78, 5) is 17.4. The standard InChI is InChI=1S/C14H15N5S/c1-9(2)14-18-10(8-20-14)7-17-12-4-3-11-13(19-12)16-6-5-15-11/h3-6,8-9H,7H2,1-2H3,(H,16,17,19). The van der Waals surface area contributed by atoms with Crippen LogP contribution in [0, 0.1) is 0 Å². The van der Waals surface area contributed by atoms with Gasteiger partial charge in [-0.2, -0.15) is 0 Å². The first-order valence-corrected chi connectivity index (χ1v) is 7.36. The van der Waals surface area contributed by atoms with Gasteiger partial charge in [-0.3, -0.25) is 4.98 Å². The topological polar surface area (TPSA) is 63.6 Å². The molecule has 0 saturated heterocycles. The highest BCUT2D eigenvalue weighted by Crippen LogP contribution is 2.19. The van der Waals surface area contributed by atoms with E-state index < -0.39 is 0 Å². The highest BCUT2D eigenvalue weighted by Gasteiger charge is 2.06. The first kappa shape index (κ1) is 12.9. The van der Waals surface area contributed by atoms with Gasteiger partial charge in [-0.1, -0.05) is 13.8 Å². The molecule has 3 aromatic rings. The van der Waals surface area contributed by atoms with Crippen LogP contribution in [0.15, 0.2) is 29.9 Å². The van der Waals surface area contributed by atoms with Crippen molar-refractivity contribution in [3.05, 3.63) is 40.6 Å². The fourth-order valence-corrected chi connectivity index (χ4v) is 2.64. The van der Waals surface area contributed by atoms with Crippen LogP contribution in [0.5, 0.6) is 0 Å². The van der Waals surface area contributed by atoms with Crippen molar-refractivity contribution < 1.29 is 0 Å². The van der Waals surface area contributed by atoms with Crippen molar-refractivity contribution in [3.63, 3.8) is 0 Å². The summed E-state index contributed by atoms with van der Waals surface area (Å²) in [6.45, 7) is 4.97. The summed E-state index contributed by atoms with van der Waals surface area (Å²) in [5, 5.41) is 6.52. The predicted octanol–water partition coefficient (Wildman–Crippen LogP) is 3.22. The van der Waals surface area contributed by atoms with Crippen molar-refractivity contribution in [2.45, 2.75) is 26.3 Å². The molecule has 102 valence electrons. The highest BCUT2D eigenvalue weighted by atomic mass is 32.1. The van der Waals surface area contributed by atoms with E-state index in [0.717, 1.165) is 17.0 Å². The van der Waals surface area contributed by atoms with Gasteiger partial charge < -0.3 is 5.32 Å². The number of nitrogens with zero attached hydrogens (tertiary/aromatic N) is 4. The fourth-order valence-electron chi connectivity index (χ4n) is 1.80. The van der Waals surface area contributed by atoms with Crippen LogP contribution in [0.1, 0.15) is 30.5 Å². The SMILES string of the molecule is CC(C)c1nc(CNc2ccc3nccnc3n2)cs1. The number of nitrogens with one attached hydrogen (secondary N) is 1. The van der Waals surface area contributed by atoms with E-state index in [2.05, 4.69) is 44.5 Å². The smallest absolute Gasteiger partial charge is 0.180 e. The second-order valence-corrected chi connectivity index (χ2v) is 5.67. The molecule has 0 amide bonds. The molecule has 0 fully saturated rings. The molecule has 20 heavy (non-hydrogen) atoms. The minimum atomic E-state index is 0.475. The zero-order chi connectivity index (χ0) is 13.9. The Bertz CT molecular complexity index is 722. The average molecular weight is 285 g/mol. The summed E-state index contributed by atoms with van der Waals surface area (Å²) in [5.41, 5.74) is 2.49. The van der Waals surface area contributed by atoms with Crippen LogP contribution in [0.4, 0.5) is 5.82 Å². The summed E-state index contributed by atoms with van der Waals surface area (Å²) >= 11 is 1.70. The zero-order valence-electron chi connectivity index (χ0n) is 11.4. The molecule has 0 aliphatic carbocycles. The Morgan fingerprint density at radius 3 is 2.80 bits per heavy atom. The highest BCUT2D eigenvalue weighted by molar-refractivity contribution is 7.09. The molecule has 0 radical (unpaired) electrons. The molecule has 0 bridgehead atoms. The van der Waals surface area contributed by atoms with Gasteiger partial charge in [-0.15, -0.1) is 11.3 Å². The maximum absolute atomic E-state index is 4.59. The molecule has 3 heterocycles. The summed E-state index contributed by atoms with van der Waals surface area (Å²) in [5.74, 6) is 1.26. The number of pyridine rings is 1. The van der Waals surface area contributed by atoms with Gasteiger partial charge in [0.1, 0.15) is 11.3 Å². The lowest BCUT2D eigenvalue weighted by molar-refractivity contribution is 0.840. The molecule has 0 saturated carbocycles. The second-order valence-electron chi connectivity index (χ2n) is 4.78. The van der Waals surface area contributed by atoms with E-state index in [9.17, 15) is 0 Å². The molecule has 0 spiro atoms. The first-order valence-electron chi connectivity index (χ1n) is 6.48. The fraction of sp³-hybridized carbons (Fsp3) is 0.286. The first-order chi connectivity index (χ1) is 9.72. The van der Waals surface area contributed by atoms with E-state index in [1.54, 1.807) is 23.7 Å². The van der Waals surface area contributed by atoms with Crippen molar-refractivity contribution in [2.24, 2.45) is 0 Å². The molecule has 6 heteroatoms. The number of hydrogen-bond donors (Lipinski definition) is 1. The number of aromatic nitrogens is 4. The van der Waals surface area contributed by atoms with Gasteiger partial charge in [0.05, 0.1) is 17.2 Å². The van der Waals surface area contributed by atoms with Crippen LogP contribution >= 0.6 is 11.3 Å². The van der Waals surface area contributed by atoms with Crippen molar-refractivity contribution in [1.82, 2.24) is 19.9 Å². The third-order valence-corrected chi connectivity index (χ3v) is 4.04. The Labute approximate surface area is 121 Å². The third kappa shape index (κ3) is 2.75. The number of fused-ring (bicyclic) bond motifs is 1. The maximum Gasteiger partial charge on any atom is 0.180 e. The molecule has 0 aliphatic rings. The van der Waals surface area contributed by atoms with E-state index in [4.69, 9.17) is 0 Å². The minimum absolute atomic E-state index is 0.475. The Morgan fingerprint density at radius 1 is 1.15 bits per heavy atom. The summed E-state index contributed by atoms with van der Waals surface area (Å²) < 4.78 is 0. The lowest BCUT2D eigenvalue weighted by Gasteiger charge is -2.04. The lowest BCUT2D eigenvalue weighted by atomic mass is 10.2.